The van der Waals surface area contributed by atoms with E-state index in [9.17, 15) is 14.3 Å². The smallest absolute Gasteiger partial charge is 0.410 e. The fourth-order valence-electron chi connectivity index (χ4n) is 2.73. The van der Waals surface area contributed by atoms with Crippen molar-refractivity contribution >= 4 is 6.09 Å². The number of ether oxygens (including phenoxy) is 1. The summed E-state index contributed by atoms with van der Waals surface area (Å²) in [6.45, 7) is 6.15. The summed E-state index contributed by atoms with van der Waals surface area (Å²) in [6, 6.07) is 4.09. The van der Waals surface area contributed by atoms with Gasteiger partial charge in [0.25, 0.3) is 0 Å². The van der Waals surface area contributed by atoms with Crippen molar-refractivity contribution < 1.29 is 19.0 Å². The van der Waals surface area contributed by atoms with Crippen molar-refractivity contribution in [3.8, 4) is 5.75 Å². The van der Waals surface area contributed by atoms with Crippen LogP contribution >= 0.6 is 0 Å². The second-order valence-electron chi connectivity index (χ2n) is 6.80. The molecule has 1 fully saturated rings. The van der Waals surface area contributed by atoms with E-state index in [-0.39, 0.29) is 17.9 Å². The van der Waals surface area contributed by atoms with E-state index >= 15 is 0 Å². The zero-order chi connectivity index (χ0) is 16.3. The molecule has 22 heavy (non-hydrogen) atoms. The maximum absolute atomic E-state index is 13.9. The number of halogens is 1. The zero-order valence-corrected chi connectivity index (χ0v) is 13.4. The van der Waals surface area contributed by atoms with Crippen molar-refractivity contribution in [3.63, 3.8) is 0 Å². The highest BCUT2D eigenvalue weighted by Gasteiger charge is 2.30. The Balaban J connectivity index is 2.11. The first-order chi connectivity index (χ1) is 10.3. The van der Waals surface area contributed by atoms with Crippen LogP contribution in [0.4, 0.5) is 9.18 Å². The summed E-state index contributed by atoms with van der Waals surface area (Å²) < 4.78 is 19.4. The number of hydrogen-bond acceptors (Lipinski definition) is 3. The highest BCUT2D eigenvalue weighted by atomic mass is 19.1. The van der Waals surface area contributed by atoms with E-state index in [0.717, 1.165) is 25.3 Å². The minimum Gasteiger partial charge on any atom is -0.508 e. The number of hydrogen-bond donors (Lipinski definition) is 1. The Morgan fingerprint density at radius 3 is 2.77 bits per heavy atom. The van der Waals surface area contributed by atoms with E-state index < -0.39 is 11.4 Å². The van der Waals surface area contributed by atoms with Crippen LogP contribution in [0, 0.1) is 5.82 Å². The van der Waals surface area contributed by atoms with Gasteiger partial charge < -0.3 is 14.7 Å². The van der Waals surface area contributed by atoms with Crippen molar-refractivity contribution in [3.05, 3.63) is 29.6 Å². The van der Waals surface area contributed by atoms with Crippen molar-refractivity contribution in [1.29, 1.82) is 0 Å². The number of carbonyl (C=O) groups is 1. The van der Waals surface area contributed by atoms with Gasteiger partial charge in [-0.1, -0.05) is 6.07 Å². The Morgan fingerprint density at radius 2 is 2.14 bits per heavy atom. The lowest BCUT2D eigenvalue weighted by molar-refractivity contribution is 0.00984. The van der Waals surface area contributed by atoms with Gasteiger partial charge in [0, 0.05) is 18.7 Å². The van der Waals surface area contributed by atoms with E-state index in [0.29, 0.717) is 18.5 Å². The summed E-state index contributed by atoms with van der Waals surface area (Å²) >= 11 is 0. The van der Waals surface area contributed by atoms with Gasteiger partial charge in [-0.25, -0.2) is 9.18 Å². The first-order valence-electron chi connectivity index (χ1n) is 7.73. The maximum atomic E-state index is 13.9. The molecule has 0 saturated carbocycles. The molecule has 122 valence electrons. The fourth-order valence-corrected chi connectivity index (χ4v) is 2.73. The van der Waals surface area contributed by atoms with Gasteiger partial charge >= 0.3 is 6.09 Å². The van der Waals surface area contributed by atoms with Gasteiger partial charge in [0.1, 0.15) is 17.2 Å². The Labute approximate surface area is 130 Å². The van der Waals surface area contributed by atoms with E-state index in [4.69, 9.17) is 4.74 Å². The Hall–Kier alpha value is -1.78. The number of rotatable bonds is 2. The molecule has 1 unspecified atom stereocenters. The summed E-state index contributed by atoms with van der Waals surface area (Å²) in [7, 11) is 0. The molecule has 1 aromatic rings. The molecular formula is C17H24FNO3. The molecule has 5 heteroatoms. The van der Waals surface area contributed by atoms with Crippen LogP contribution in [0.2, 0.25) is 0 Å². The van der Waals surface area contributed by atoms with Gasteiger partial charge in [-0.2, -0.15) is 0 Å². The lowest BCUT2D eigenvalue weighted by Gasteiger charge is -2.37. The third-order valence-electron chi connectivity index (χ3n) is 3.75. The molecule has 1 N–H and O–H groups in total. The average molecular weight is 309 g/mol. The van der Waals surface area contributed by atoms with Crippen LogP contribution in [0.25, 0.3) is 0 Å². The first-order valence-corrected chi connectivity index (χ1v) is 7.73. The third kappa shape index (κ3) is 4.36. The molecule has 1 aliphatic heterocycles. The van der Waals surface area contributed by atoms with Crippen LogP contribution in [-0.4, -0.2) is 34.3 Å². The molecule has 0 radical (unpaired) electrons. The van der Waals surface area contributed by atoms with Crippen molar-refractivity contribution in [2.45, 2.75) is 58.1 Å². The largest absolute Gasteiger partial charge is 0.508 e. The zero-order valence-electron chi connectivity index (χ0n) is 13.4. The summed E-state index contributed by atoms with van der Waals surface area (Å²) in [5.74, 6) is -0.524. The molecule has 1 atom stereocenters. The van der Waals surface area contributed by atoms with E-state index in [2.05, 4.69) is 0 Å². The van der Waals surface area contributed by atoms with Gasteiger partial charge in [-0.3, -0.25) is 0 Å². The van der Waals surface area contributed by atoms with Gasteiger partial charge in [-0.05, 0) is 58.1 Å². The molecule has 1 aromatic carbocycles. The number of nitrogens with zero attached hydrogens (tertiary/aromatic N) is 1. The van der Waals surface area contributed by atoms with Crippen LogP contribution < -0.4 is 0 Å². The van der Waals surface area contributed by atoms with Gasteiger partial charge in [0.15, 0.2) is 0 Å². The number of phenols is 1. The van der Waals surface area contributed by atoms with Crippen LogP contribution in [0.5, 0.6) is 5.75 Å². The fraction of sp³-hybridized carbons (Fsp3) is 0.588. The van der Waals surface area contributed by atoms with E-state index in [1.54, 1.807) is 11.0 Å². The number of likely N-dealkylation sites (tertiary alicyclic amines) is 1. The van der Waals surface area contributed by atoms with Crippen molar-refractivity contribution in [2.75, 3.05) is 6.54 Å². The minimum absolute atomic E-state index is 0.0670. The predicted octanol–water partition coefficient (Wildman–Crippen LogP) is 3.86. The summed E-state index contributed by atoms with van der Waals surface area (Å²) in [5, 5.41) is 9.29. The van der Waals surface area contributed by atoms with Gasteiger partial charge in [0.05, 0.1) is 0 Å². The van der Waals surface area contributed by atoms with Gasteiger partial charge in [0.2, 0.25) is 0 Å². The van der Waals surface area contributed by atoms with Crippen LogP contribution in [-0.2, 0) is 11.2 Å². The number of aromatic hydroxyl groups is 1. The lowest BCUT2D eigenvalue weighted by Crippen LogP contribution is -2.47. The molecule has 0 bridgehead atoms. The SMILES string of the molecule is CC(C)(C)OC(=O)N1CCCCC1Cc1ccc(O)cc1F. The Kier molecular flexibility index (Phi) is 4.94. The second kappa shape index (κ2) is 6.55. The molecule has 0 spiro atoms. The number of carbonyl (C=O) groups excluding carboxylic acids is 1. The van der Waals surface area contributed by atoms with Crippen molar-refractivity contribution in [2.24, 2.45) is 0 Å². The standard InChI is InChI=1S/C17H24FNO3/c1-17(2,3)22-16(21)19-9-5-4-6-13(19)10-12-7-8-14(20)11-15(12)18/h7-8,11,13,20H,4-6,9-10H2,1-3H3. The Bertz CT molecular complexity index is 539. The van der Waals surface area contributed by atoms with Crippen LogP contribution in [0.3, 0.4) is 0 Å². The minimum atomic E-state index is -0.539. The van der Waals surface area contributed by atoms with Crippen LogP contribution in [0.15, 0.2) is 18.2 Å². The molecule has 0 aliphatic carbocycles. The molecule has 1 heterocycles. The normalized spacial score (nSPS) is 19.1. The van der Waals surface area contributed by atoms with E-state index in [1.807, 2.05) is 20.8 Å². The molecular weight excluding hydrogens is 285 g/mol. The average Bonchev–Trinajstić information content (AvgIpc) is 2.40. The monoisotopic (exact) mass is 309 g/mol. The van der Waals surface area contributed by atoms with Crippen molar-refractivity contribution in [1.82, 2.24) is 4.90 Å². The lowest BCUT2D eigenvalue weighted by atomic mass is 9.95. The number of phenolic OH excluding ortho intramolecular Hbond substituents is 1. The Morgan fingerprint density at radius 1 is 1.41 bits per heavy atom. The molecule has 1 saturated heterocycles. The third-order valence-corrected chi connectivity index (χ3v) is 3.75. The summed E-state index contributed by atoms with van der Waals surface area (Å²) in [5.41, 5.74) is -0.0265. The molecule has 2 rings (SSSR count). The topological polar surface area (TPSA) is 49.8 Å². The second-order valence-corrected chi connectivity index (χ2v) is 6.80. The maximum Gasteiger partial charge on any atom is 0.410 e. The van der Waals surface area contributed by atoms with Crippen LogP contribution in [0.1, 0.15) is 45.6 Å². The highest BCUT2D eigenvalue weighted by molar-refractivity contribution is 5.68. The molecule has 4 nitrogen and oxygen atoms in total. The number of benzene rings is 1. The quantitative estimate of drug-likeness (QED) is 0.902. The predicted molar refractivity (Wildman–Crippen MR) is 82.3 cm³/mol. The summed E-state index contributed by atoms with van der Waals surface area (Å²) in [4.78, 5) is 14.0. The highest BCUT2D eigenvalue weighted by Crippen LogP contribution is 2.25. The van der Waals surface area contributed by atoms with Gasteiger partial charge in [-0.15, -0.1) is 0 Å². The number of piperidine rings is 1. The molecule has 0 aromatic heterocycles. The molecule has 1 aliphatic rings. The summed E-state index contributed by atoms with van der Waals surface area (Å²) in [6.07, 6.45) is 2.89. The first kappa shape index (κ1) is 16.6. The van der Waals surface area contributed by atoms with E-state index in [1.165, 1.54) is 6.07 Å². The molecule has 1 amide bonds. The number of amides is 1.